The van der Waals surface area contributed by atoms with Crippen LogP contribution in [0.1, 0.15) is 11.2 Å². The highest BCUT2D eigenvalue weighted by Gasteiger charge is 2.45. The molecule has 0 spiro atoms. The molecule has 10 heteroatoms. The summed E-state index contributed by atoms with van der Waals surface area (Å²) in [4.78, 5) is 36.8. The molecule has 2 atom stereocenters. The van der Waals surface area contributed by atoms with Crippen LogP contribution in [0.2, 0.25) is 19.6 Å². The zero-order chi connectivity index (χ0) is 16.6. The van der Waals surface area contributed by atoms with Gasteiger partial charge in [0, 0.05) is 0 Å². The first-order chi connectivity index (χ1) is 9.24. The van der Waals surface area contributed by atoms with Crippen LogP contribution >= 0.6 is 15.2 Å². The standard InChI is InChI=1S/C11H20O7P2Si/c1-21(2,3)9-6-4-5-8(7-9)10(19(13,14)15)11(12)20(16,17)18/h4-7,10-12H,1-3H3,(H2,13,14,15)(H2,16,17,18). The molecule has 5 N–H and O–H groups in total. The largest absolute Gasteiger partial charge is 0.379 e. The molecular weight excluding hydrogens is 334 g/mol. The minimum absolute atomic E-state index is 0.0269. The van der Waals surface area contributed by atoms with E-state index in [0.29, 0.717) is 0 Å². The lowest BCUT2D eigenvalue weighted by Gasteiger charge is -2.26. The first-order valence-electron chi connectivity index (χ1n) is 6.13. The van der Waals surface area contributed by atoms with Crippen LogP contribution in [0.4, 0.5) is 0 Å². The maximum absolute atomic E-state index is 11.6. The molecule has 0 fully saturated rings. The average Bonchev–Trinajstić information content (AvgIpc) is 2.25. The van der Waals surface area contributed by atoms with Crippen LogP contribution in [0.3, 0.4) is 0 Å². The molecule has 0 aromatic heterocycles. The van der Waals surface area contributed by atoms with Crippen LogP contribution in [-0.4, -0.2) is 38.6 Å². The van der Waals surface area contributed by atoms with Crippen LogP contribution < -0.4 is 5.19 Å². The molecule has 21 heavy (non-hydrogen) atoms. The Balaban J connectivity index is 3.43. The number of aliphatic hydroxyl groups is 1. The Labute approximate surface area is 124 Å². The molecule has 120 valence electrons. The van der Waals surface area contributed by atoms with Gasteiger partial charge in [0.2, 0.25) is 0 Å². The van der Waals surface area contributed by atoms with E-state index in [9.17, 15) is 24.0 Å². The van der Waals surface area contributed by atoms with Gasteiger partial charge in [-0.2, -0.15) is 0 Å². The van der Waals surface area contributed by atoms with Gasteiger partial charge in [-0.05, 0) is 5.56 Å². The van der Waals surface area contributed by atoms with E-state index in [0.717, 1.165) is 5.19 Å². The van der Waals surface area contributed by atoms with E-state index < -0.39 is 34.8 Å². The first-order valence-corrected chi connectivity index (χ1v) is 13.0. The maximum atomic E-state index is 11.6. The smallest absolute Gasteiger partial charge is 0.355 e. The predicted octanol–water partition coefficient (Wildman–Crippen LogP) is 0.947. The topological polar surface area (TPSA) is 135 Å². The second-order valence-electron chi connectivity index (χ2n) is 5.91. The maximum Gasteiger partial charge on any atom is 0.355 e. The molecule has 0 amide bonds. The van der Waals surface area contributed by atoms with Crippen molar-refractivity contribution in [1.29, 1.82) is 0 Å². The summed E-state index contributed by atoms with van der Waals surface area (Å²) in [7, 11) is -11.8. The highest BCUT2D eigenvalue weighted by molar-refractivity contribution is 7.56. The molecule has 0 aliphatic rings. The molecule has 0 aliphatic heterocycles. The summed E-state index contributed by atoms with van der Waals surface area (Å²) in [5, 5.41) is 10.6. The van der Waals surface area contributed by atoms with E-state index >= 15 is 0 Å². The molecule has 0 heterocycles. The zero-order valence-electron chi connectivity index (χ0n) is 11.9. The molecule has 0 saturated carbocycles. The van der Waals surface area contributed by atoms with Crippen molar-refractivity contribution in [2.75, 3.05) is 0 Å². The van der Waals surface area contributed by atoms with E-state index in [1.165, 1.54) is 12.1 Å². The summed E-state index contributed by atoms with van der Waals surface area (Å²) in [5.41, 5.74) is -1.92. The molecule has 0 radical (unpaired) electrons. The third kappa shape index (κ3) is 4.84. The zero-order valence-corrected chi connectivity index (χ0v) is 14.7. The van der Waals surface area contributed by atoms with Gasteiger partial charge < -0.3 is 24.7 Å². The van der Waals surface area contributed by atoms with Crippen molar-refractivity contribution >= 4 is 28.5 Å². The molecule has 2 unspecified atom stereocenters. The average molecular weight is 354 g/mol. The Morgan fingerprint density at radius 2 is 1.52 bits per heavy atom. The Bertz CT molecular complexity index is 601. The van der Waals surface area contributed by atoms with Gasteiger partial charge in [-0.25, -0.2) is 0 Å². The summed E-state index contributed by atoms with van der Waals surface area (Å²) in [6.07, 6.45) is 0. The third-order valence-electron chi connectivity index (χ3n) is 3.08. The lowest BCUT2D eigenvalue weighted by molar-refractivity contribution is 0.185. The number of hydrogen-bond donors (Lipinski definition) is 5. The van der Waals surface area contributed by atoms with Crippen LogP contribution in [0.15, 0.2) is 24.3 Å². The second kappa shape index (κ2) is 6.06. The quantitative estimate of drug-likeness (QED) is 0.392. The number of rotatable bonds is 5. The molecule has 1 aromatic rings. The fourth-order valence-corrected chi connectivity index (χ4v) is 5.59. The minimum Gasteiger partial charge on any atom is -0.379 e. The molecule has 0 aliphatic carbocycles. The van der Waals surface area contributed by atoms with Crippen LogP contribution in [0, 0.1) is 0 Å². The van der Waals surface area contributed by atoms with Crippen molar-refractivity contribution in [3.05, 3.63) is 29.8 Å². The first kappa shape index (κ1) is 18.7. The Morgan fingerprint density at radius 1 is 1.00 bits per heavy atom. The fraction of sp³-hybridized carbons (Fsp3) is 0.455. The Kier molecular flexibility index (Phi) is 5.41. The normalized spacial score (nSPS) is 16.6. The summed E-state index contributed by atoms with van der Waals surface area (Å²) >= 11 is 0. The van der Waals surface area contributed by atoms with Gasteiger partial charge in [0.15, 0.2) is 5.85 Å². The van der Waals surface area contributed by atoms with E-state index in [4.69, 9.17) is 9.79 Å². The van der Waals surface area contributed by atoms with Gasteiger partial charge in [-0.15, -0.1) is 0 Å². The lowest BCUT2D eigenvalue weighted by atomic mass is 10.1. The second-order valence-corrected chi connectivity index (χ2v) is 14.4. The number of benzene rings is 1. The van der Waals surface area contributed by atoms with Crippen LogP contribution in [0.5, 0.6) is 0 Å². The van der Waals surface area contributed by atoms with Crippen LogP contribution in [-0.2, 0) is 9.13 Å². The van der Waals surface area contributed by atoms with Gasteiger partial charge >= 0.3 is 15.2 Å². The highest BCUT2D eigenvalue weighted by atomic mass is 31.2. The molecule has 1 rings (SSSR count). The highest BCUT2D eigenvalue weighted by Crippen LogP contribution is 2.61. The van der Waals surface area contributed by atoms with E-state index in [1.807, 2.05) is 19.6 Å². The van der Waals surface area contributed by atoms with E-state index in [1.54, 1.807) is 12.1 Å². The van der Waals surface area contributed by atoms with E-state index in [-0.39, 0.29) is 5.56 Å². The van der Waals surface area contributed by atoms with Crippen molar-refractivity contribution in [1.82, 2.24) is 0 Å². The Hall–Kier alpha value is -0.303. The van der Waals surface area contributed by atoms with Gasteiger partial charge in [-0.3, -0.25) is 9.13 Å². The van der Waals surface area contributed by atoms with Gasteiger partial charge in [-0.1, -0.05) is 49.1 Å². The van der Waals surface area contributed by atoms with Crippen molar-refractivity contribution in [3.8, 4) is 0 Å². The number of hydrogen-bond acceptors (Lipinski definition) is 3. The van der Waals surface area contributed by atoms with Gasteiger partial charge in [0.25, 0.3) is 0 Å². The fourth-order valence-electron chi connectivity index (χ4n) is 1.91. The van der Waals surface area contributed by atoms with Crippen molar-refractivity contribution in [3.63, 3.8) is 0 Å². The van der Waals surface area contributed by atoms with Crippen LogP contribution in [0.25, 0.3) is 0 Å². The molecule has 0 saturated heterocycles. The van der Waals surface area contributed by atoms with Gasteiger partial charge in [0.1, 0.15) is 5.66 Å². The molecule has 1 aromatic carbocycles. The van der Waals surface area contributed by atoms with Gasteiger partial charge in [0.05, 0.1) is 8.07 Å². The van der Waals surface area contributed by atoms with Crippen molar-refractivity contribution < 1.29 is 33.8 Å². The monoisotopic (exact) mass is 354 g/mol. The summed E-state index contributed by atoms with van der Waals surface area (Å²) < 4.78 is 22.8. The van der Waals surface area contributed by atoms with Crippen molar-refractivity contribution in [2.24, 2.45) is 0 Å². The summed E-state index contributed by atoms with van der Waals surface area (Å²) in [6.45, 7) is 6.08. The van der Waals surface area contributed by atoms with Crippen molar-refractivity contribution in [2.45, 2.75) is 31.1 Å². The SMILES string of the molecule is C[Si](C)(C)c1cccc(C(C(O)P(=O)(O)O)P(=O)(O)O)c1. The molecule has 7 nitrogen and oxygen atoms in total. The van der Waals surface area contributed by atoms with E-state index in [2.05, 4.69) is 0 Å². The molecule has 0 bridgehead atoms. The third-order valence-corrected chi connectivity index (χ3v) is 7.65. The minimum atomic E-state index is -5.06. The number of aliphatic hydroxyl groups excluding tert-OH is 1. The lowest BCUT2D eigenvalue weighted by Crippen LogP contribution is -2.38. The summed E-state index contributed by atoms with van der Waals surface area (Å²) in [6, 6.07) is 6.23. The Morgan fingerprint density at radius 3 is 1.90 bits per heavy atom. The summed E-state index contributed by atoms with van der Waals surface area (Å²) in [5.74, 6) is -2.45. The molecular formula is C11H20O7P2Si. The predicted molar refractivity (Wildman–Crippen MR) is 82.3 cm³/mol.